The molecule has 0 aromatic carbocycles. The van der Waals surface area contributed by atoms with E-state index >= 15 is 0 Å². The molecule has 1 saturated carbocycles. The van der Waals surface area contributed by atoms with Gasteiger partial charge in [-0.3, -0.25) is 4.79 Å². The molecule has 12 heteroatoms. The highest BCUT2D eigenvalue weighted by atomic mass is 35.5. The lowest BCUT2D eigenvalue weighted by molar-refractivity contribution is -0.204. The van der Waals surface area contributed by atoms with Crippen LogP contribution in [0.4, 0.5) is 18.3 Å². The average molecular weight is 430 g/mol. The molecule has 0 aliphatic heterocycles. The first-order valence-electron chi connectivity index (χ1n) is 7.82. The number of carbonyl (C=O) groups excluding carboxylic acids is 2. The zero-order valence-corrected chi connectivity index (χ0v) is 16.6. The summed E-state index contributed by atoms with van der Waals surface area (Å²) in [7, 11) is 1.23. The Hall–Kier alpha value is -1.43. The molecule has 0 saturated heterocycles. The van der Waals surface area contributed by atoms with Crippen molar-refractivity contribution in [1.29, 1.82) is 0 Å². The highest BCUT2D eigenvalue weighted by Gasteiger charge is 2.54. The maximum absolute atomic E-state index is 12.9. The summed E-state index contributed by atoms with van der Waals surface area (Å²) in [6.45, 7) is 5.43. The third-order valence-corrected chi connectivity index (χ3v) is 5.82. The minimum Gasteiger partial charge on any atom is -0.368 e. The summed E-state index contributed by atoms with van der Waals surface area (Å²) in [5.41, 5.74) is 3.70. The first-order valence-corrected chi connectivity index (χ1v) is 9.02. The quantitative estimate of drug-likeness (QED) is 0.742. The number of hydrogen-bond acceptors (Lipinski definition) is 7. The van der Waals surface area contributed by atoms with Crippen LogP contribution in [0.5, 0.6) is 0 Å². The van der Waals surface area contributed by atoms with Gasteiger partial charge < -0.3 is 15.3 Å². The van der Waals surface area contributed by atoms with E-state index in [1.54, 1.807) is 0 Å². The second-order valence-corrected chi connectivity index (χ2v) is 8.54. The fraction of sp³-hybridized carbons (Fsp3) is 0.667. The van der Waals surface area contributed by atoms with Gasteiger partial charge in [-0.15, -0.1) is 5.06 Å². The third kappa shape index (κ3) is 4.36. The molecule has 152 valence electrons. The van der Waals surface area contributed by atoms with Crippen LogP contribution in [-0.4, -0.2) is 41.8 Å². The highest BCUT2D eigenvalue weighted by molar-refractivity contribution is 7.16. The zero-order valence-electron chi connectivity index (χ0n) is 15.0. The van der Waals surface area contributed by atoms with Crippen LogP contribution in [0.15, 0.2) is 0 Å². The number of aromatic nitrogens is 1. The van der Waals surface area contributed by atoms with Crippen LogP contribution < -0.4 is 10.8 Å². The third-order valence-electron chi connectivity index (χ3n) is 3.98. The van der Waals surface area contributed by atoms with E-state index in [-0.39, 0.29) is 34.2 Å². The van der Waals surface area contributed by atoms with Gasteiger partial charge in [0, 0.05) is 26.0 Å². The Kier molecular flexibility index (Phi) is 5.82. The lowest BCUT2D eigenvalue weighted by atomic mass is 9.75. The summed E-state index contributed by atoms with van der Waals surface area (Å²) in [6, 6.07) is -0.362. The van der Waals surface area contributed by atoms with Crippen LogP contribution in [0, 0.1) is 0 Å². The summed E-state index contributed by atoms with van der Waals surface area (Å²) in [5.74, 6) is -3.57. The first kappa shape index (κ1) is 21.9. The Balaban J connectivity index is 2.45. The van der Waals surface area contributed by atoms with Crippen molar-refractivity contribution in [2.24, 2.45) is 5.73 Å². The molecule has 2 N–H and O–H groups in total. The number of nitrogens with two attached hydrogens (primary N) is 1. The van der Waals surface area contributed by atoms with Crippen molar-refractivity contribution in [3.05, 3.63) is 10.0 Å². The molecular formula is C15H19ClF3N3O4S. The number of carbonyl (C=O) groups is 2. The summed E-state index contributed by atoms with van der Waals surface area (Å²) >= 11 is 6.92. The van der Waals surface area contributed by atoms with E-state index < -0.39 is 29.1 Å². The highest BCUT2D eigenvalue weighted by Crippen LogP contribution is 2.42. The minimum atomic E-state index is -5.30. The smallest absolute Gasteiger partial charge is 0.368 e. The van der Waals surface area contributed by atoms with Crippen LogP contribution in [0.25, 0.3) is 0 Å². The number of hydroxylamine groups is 1. The number of thiazole rings is 1. The Morgan fingerprint density at radius 2 is 1.89 bits per heavy atom. The number of hydrogen-bond donors (Lipinski definition) is 1. The zero-order chi connectivity index (χ0) is 20.8. The monoisotopic (exact) mass is 429 g/mol. The number of amides is 1. The van der Waals surface area contributed by atoms with Crippen LogP contribution in [0.1, 0.15) is 38.5 Å². The van der Waals surface area contributed by atoms with Crippen molar-refractivity contribution in [1.82, 2.24) is 4.98 Å². The van der Waals surface area contributed by atoms with Gasteiger partial charge in [-0.2, -0.15) is 13.2 Å². The molecular weight excluding hydrogens is 411 g/mol. The molecule has 7 nitrogen and oxygen atoms in total. The molecule has 1 heterocycles. The molecule has 1 aliphatic carbocycles. The molecule has 0 unspecified atom stereocenters. The maximum atomic E-state index is 12.9. The van der Waals surface area contributed by atoms with Crippen LogP contribution >= 0.6 is 22.9 Å². The van der Waals surface area contributed by atoms with E-state index in [2.05, 4.69) is 9.82 Å². The molecule has 1 fully saturated rings. The predicted molar refractivity (Wildman–Crippen MR) is 92.4 cm³/mol. The van der Waals surface area contributed by atoms with Gasteiger partial charge in [0.25, 0.3) is 5.91 Å². The molecule has 2 rings (SSSR count). The van der Waals surface area contributed by atoms with Crippen molar-refractivity contribution >= 4 is 39.9 Å². The van der Waals surface area contributed by atoms with Gasteiger partial charge in [-0.05, 0) is 5.41 Å². The van der Waals surface area contributed by atoms with E-state index in [4.69, 9.17) is 22.1 Å². The fourth-order valence-corrected chi connectivity index (χ4v) is 4.03. The van der Waals surface area contributed by atoms with Crippen molar-refractivity contribution in [3.63, 3.8) is 0 Å². The number of methoxy groups -OCH3 is 1. The van der Waals surface area contributed by atoms with Gasteiger partial charge in [0.15, 0.2) is 5.60 Å². The van der Waals surface area contributed by atoms with E-state index in [1.165, 1.54) is 7.11 Å². The van der Waals surface area contributed by atoms with Crippen molar-refractivity contribution in [2.45, 2.75) is 56.8 Å². The maximum Gasteiger partial charge on any atom is 0.493 e. The van der Waals surface area contributed by atoms with Crippen molar-refractivity contribution < 1.29 is 32.3 Å². The minimum absolute atomic E-state index is 0.000125. The van der Waals surface area contributed by atoms with E-state index in [1.807, 2.05) is 20.8 Å². The molecule has 27 heavy (non-hydrogen) atoms. The summed E-state index contributed by atoms with van der Waals surface area (Å²) < 4.78 is 43.3. The Morgan fingerprint density at radius 3 is 2.26 bits per heavy atom. The van der Waals surface area contributed by atoms with Gasteiger partial charge in [-0.25, -0.2) is 9.78 Å². The normalized spacial score (nSPS) is 22.9. The summed E-state index contributed by atoms with van der Waals surface area (Å²) in [6.07, 6.45) is -5.18. The van der Waals surface area contributed by atoms with Gasteiger partial charge in [0.2, 0.25) is 5.13 Å². The fourth-order valence-electron chi connectivity index (χ4n) is 2.54. The standard InChI is InChI=1S/C15H19ClF3N3O4S/c1-13(2,3)8-9(16)21-12(27-8)22(26-11(24)15(17,18)19)10(23)14(25-4)5-7(20)6-14/h7H,5-6,20H2,1-4H3. The molecule has 1 amide bonds. The summed E-state index contributed by atoms with van der Waals surface area (Å²) in [4.78, 5) is 33.0. The largest absolute Gasteiger partial charge is 0.493 e. The molecule has 1 aliphatic rings. The molecule has 1 aromatic heterocycles. The number of halogens is 4. The van der Waals surface area contributed by atoms with E-state index in [0.717, 1.165) is 11.3 Å². The van der Waals surface area contributed by atoms with Crippen molar-refractivity contribution in [3.8, 4) is 0 Å². The summed E-state index contributed by atoms with van der Waals surface area (Å²) in [5, 5.41) is -0.0960. The number of nitrogens with zero attached hydrogens (tertiary/aromatic N) is 2. The lowest BCUT2D eigenvalue weighted by Gasteiger charge is -2.44. The number of ether oxygens (including phenoxy) is 1. The van der Waals surface area contributed by atoms with Gasteiger partial charge in [0.1, 0.15) is 5.15 Å². The second-order valence-electron chi connectivity index (χ2n) is 7.21. The predicted octanol–water partition coefficient (Wildman–Crippen LogP) is 2.95. The first-order chi connectivity index (χ1) is 12.2. The van der Waals surface area contributed by atoms with Crippen LogP contribution in [0.3, 0.4) is 0 Å². The molecule has 0 atom stereocenters. The number of anilines is 1. The molecule has 0 bridgehead atoms. The Bertz CT molecular complexity index is 742. The van der Waals surface area contributed by atoms with Gasteiger partial charge in [-0.1, -0.05) is 43.7 Å². The van der Waals surface area contributed by atoms with Crippen LogP contribution in [-0.2, 0) is 24.6 Å². The van der Waals surface area contributed by atoms with Crippen LogP contribution in [0.2, 0.25) is 5.15 Å². The van der Waals surface area contributed by atoms with Gasteiger partial charge >= 0.3 is 12.1 Å². The molecule has 0 spiro atoms. The Morgan fingerprint density at radius 1 is 1.33 bits per heavy atom. The second kappa shape index (κ2) is 7.19. The number of rotatable bonds is 3. The SMILES string of the molecule is COC1(C(=O)N(OC(=O)C(F)(F)F)c2nc(Cl)c(C(C)(C)C)s2)CC(N)C1. The molecule has 0 radical (unpaired) electrons. The average Bonchev–Trinajstić information content (AvgIpc) is 2.89. The van der Waals surface area contributed by atoms with Crippen molar-refractivity contribution in [2.75, 3.05) is 12.2 Å². The Labute approximate surface area is 162 Å². The lowest BCUT2D eigenvalue weighted by Crippen LogP contribution is -2.62. The van der Waals surface area contributed by atoms with Gasteiger partial charge in [0.05, 0.1) is 4.88 Å². The van der Waals surface area contributed by atoms with E-state index in [0.29, 0.717) is 4.88 Å². The van der Waals surface area contributed by atoms with E-state index in [9.17, 15) is 22.8 Å². The topological polar surface area (TPSA) is 94.7 Å². The number of alkyl halides is 3. The molecule has 1 aromatic rings.